The van der Waals surface area contributed by atoms with Crippen LogP contribution in [0.1, 0.15) is 47.6 Å². The summed E-state index contributed by atoms with van der Waals surface area (Å²) in [6.07, 6.45) is 7.45. The van der Waals surface area contributed by atoms with Crippen molar-refractivity contribution >= 4 is 27.7 Å². The van der Waals surface area contributed by atoms with E-state index in [0.717, 1.165) is 23.2 Å². The third-order valence-electron chi connectivity index (χ3n) is 7.66. The third-order valence-corrected chi connectivity index (χ3v) is 8.91. The number of rotatable bonds is 8. The molecule has 0 bridgehead atoms. The summed E-state index contributed by atoms with van der Waals surface area (Å²) in [6, 6.07) is 28.8. The molecule has 208 valence electrons. The minimum atomic E-state index is -4.00. The number of nitrogens with zero attached hydrogens (tertiary/aromatic N) is 1. The molecule has 1 aliphatic carbocycles. The molecule has 0 radical (unpaired) electrons. The standard InChI is InChI=1S/C34H32N2O4S/c1-3-39-33-21-24(13-20-32(33)40-41(37,38)27-18-11-23(2)12-19-27)22-35-26-16-14-25(15-17-26)34-30-9-6-8-28(30)29-7-4-5-10-31(29)36-34/h4-8,10-22,28,30,34,36H,3,9H2,1-2H3/t28-,30-,34-/m0/s1. The van der Waals surface area contributed by atoms with Crippen LogP contribution >= 0.6 is 0 Å². The number of para-hydroxylation sites is 1. The maximum Gasteiger partial charge on any atom is 0.339 e. The number of hydrogen-bond acceptors (Lipinski definition) is 6. The molecular formula is C34H32N2O4S. The van der Waals surface area contributed by atoms with E-state index in [4.69, 9.17) is 8.92 Å². The fourth-order valence-corrected chi connectivity index (χ4v) is 6.54. The summed E-state index contributed by atoms with van der Waals surface area (Å²) in [4.78, 5) is 4.74. The molecule has 0 saturated heterocycles. The highest BCUT2D eigenvalue weighted by molar-refractivity contribution is 7.87. The van der Waals surface area contributed by atoms with Gasteiger partial charge in [0, 0.05) is 17.8 Å². The molecule has 0 fully saturated rings. The Morgan fingerprint density at radius 3 is 2.51 bits per heavy atom. The highest BCUT2D eigenvalue weighted by Crippen LogP contribution is 2.49. The van der Waals surface area contributed by atoms with Crippen molar-refractivity contribution in [2.24, 2.45) is 10.9 Å². The monoisotopic (exact) mass is 564 g/mol. The summed E-state index contributed by atoms with van der Waals surface area (Å²) in [5, 5.41) is 3.77. The maximum absolute atomic E-state index is 12.8. The molecule has 6 rings (SSSR count). The van der Waals surface area contributed by atoms with Crippen LogP contribution in [0.3, 0.4) is 0 Å². The van der Waals surface area contributed by atoms with E-state index in [0.29, 0.717) is 24.2 Å². The van der Waals surface area contributed by atoms with E-state index in [1.807, 2.05) is 26.0 Å². The van der Waals surface area contributed by atoms with Gasteiger partial charge in [0.15, 0.2) is 11.5 Å². The maximum atomic E-state index is 12.8. The lowest BCUT2D eigenvalue weighted by Crippen LogP contribution is -2.28. The molecule has 4 aromatic carbocycles. The zero-order valence-electron chi connectivity index (χ0n) is 23.0. The van der Waals surface area contributed by atoms with Crippen LogP contribution in [0.15, 0.2) is 113 Å². The lowest BCUT2D eigenvalue weighted by atomic mass is 9.77. The van der Waals surface area contributed by atoms with Crippen LogP contribution in [-0.4, -0.2) is 21.2 Å². The number of aliphatic imine (C=N–C) groups is 1. The molecule has 1 heterocycles. The summed E-state index contributed by atoms with van der Waals surface area (Å²) in [6.45, 7) is 4.10. The van der Waals surface area contributed by atoms with Crippen molar-refractivity contribution in [1.82, 2.24) is 0 Å². The van der Waals surface area contributed by atoms with Crippen LogP contribution in [0.2, 0.25) is 0 Å². The zero-order chi connectivity index (χ0) is 28.4. The molecule has 7 heteroatoms. The number of hydrogen-bond donors (Lipinski definition) is 1. The van der Waals surface area contributed by atoms with Crippen LogP contribution in [0.5, 0.6) is 11.5 Å². The van der Waals surface area contributed by atoms with E-state index >= 15 is 0 Å². The van der Waals surface area contributed by atoms with E-state index in [2.05, 4.69) is 58.9 Å². The van der Waals surface area contributed by atoms with E-state index in [1.54, 1.807) is 36.5 Å². The van der Waals surface area contributed by atoms with Gasteiger partial charge >= 0.3 is 10.1 Å². The fraction of sp³-hybridized carbons (Fsp3) is 0.206. The van der Waals surface area contributed by atoms with Crippen molar-refractivity contribution in [3.05, 3.63) is 125 Å². The molecular weight excluding hydrogens is 532 g/mol. The molecule has 1 aliphatic heterocycles. The third kappa shape index (κ3) is 5.63. The van der Waals surface area contributed by atoms with E-state index in [-0.39, 0.29) is 16.7 Å². The van der Waals surface area contributed by atoms with Gasteiger partial charge in [0.05, 0.1) is 18.3 Å². The van der Waals surface area contributed by atoms with Gasteiger partial charge in [-0.15, -0.1) is 0 Å². The molecule has 0 aromatic heterocycles. The first-order valence-corrected chi connectivity index (χ1v) is 15.3. The van der Waals surface area contributed by atoms with Crippen LogP contribution in [0.25, 0.3) is 0 Å². The highest BCUT2D eigenvalue weighted by atomic mass is 32.2. The van der Waals surface area contributed by atoms with Gasteiger partial charge in [-0.05, 0) is 91.4 Å². The number of allylic oxidation sites excluding steroid dienone is 2. The Bertz CT molecular complexity index is 1710. The summed E-state index contributed by atoms with van der Waals surface area (Å²) in [5.41, 5.74) is 6.38. The first kappa shape index (κ1) is 26.8. The number of nitrogens with one attached hydrogen (secondary N) is 1. The van der Waals surface area contributed by atoms with Gasteiger partial charge in [-0.2, -0.15) is 8.42 Å². The molecule has 6 nitrogen and oxygen atoms in total. The predicted molar refractivity (Wildman–Crippen MR) is 163 cm³/mol. The number of anilines is 1. The second kappa shape index (κ2) is 11.3. The SMILES string of the molecule is CCOc1cc(C=Nc2ccc([C@@H]3Nc4ccccc4[C@@H]4C=CC[C@@H]43)cc2)ccc1OS(=O)(=O)c1ccc(C)cc1. The first-order chi connectivity index (χ1) is 19.9. The number of aryl methyl sites for hydroxylation is 1. The average molecular weight is 565 g/mol. The topological polar surface area (TPSA) is 77.0 Å². The van der Waals surface area contributed by atoms with Gasteiger partial charge in [0.1, 0.15) is 4.90 Å². The molecule has 2 aliphatic rings. The van der Waals surface area contributed by atoms with E-state index in [9.17, 15) is 8.42 Å². The Labute approximate surface area is 241 Å². The first-order valence-electron chi connectivity index (χ1n) is 13.9. The van der Waals surface area contributed by atoms with Crippen molar-refractivity contribution in [2.45, 2.75) is 37.1 Å². The van der Waals surface area contributed by atoms with Crippen molar-refractivity contribution in [3.8, 4) is 11.5 Å². The zero-order valence-corrected chi connectivity index (χ0v) is 23.8. The second-order valence-corrected chi connectivity index (χ2v) is 11.9. The lowest BCUT2D eigenvalue weighted by Gasteiger charge is -2.37. The molecule has 0 saturated carbocycles. The van der Waals surface area contributed by atoms with Crippen LogP contribution in [-0.2, 0) is 10.1 Å². The summed E-state index contributed by atoms with van der Waals surface area (Å²) < 4.78 is 36.8. The minimum Gasteiger partial charge on any atom is -0.490 e. The summed E-state index contributed by atoms with van der Waals surface area (Å²) >= 11 is 0. The van der Waals surface area contributed by atoms with Crippen LogP contribution in [0, 0.1) is 12.8 Å². The van der Waals surface area contributed by atoms with Gasteiger partial charge in [0.2, 0.25) is 0 Å². The number of ether oxygens (including phenoxy) is 1. The average Bonchev–Trinajstić information content (AvgIpc) is 3.48. The second-order valence-electron chi connectivity index (χ2n) is 10.4. The largest absolute Gasteiger partial charge is 0.490 e. The Hall–Kier alpha value is -4.36. The molecule has 3 atom stereocenters. The molecule has 1 N–H and O–H groups in total. The van der Waals surface area contributed by atoms with Gasteiger partial charge < -0.3 is 14.2 Å². The van der Waals surface area contributed by atoms with E-state index in [1.165, 1.54) is 28.9 Å². The normalized spacial score (nSPS) is 19.4. The number of benzene rings is 4. The van der Waals surface area contributed by atoms with Crippen molar-refractivity contribution in [1.29, 1.82) is 0 Å². The number of fused-ring (bicyclic) bond motifs is 3. The van der Waals surface area contributed by atoms with Gasteiger partial charge in [0.25, 0.3) is 0 Å². The van der Waals surface area contributed by atoms with Crippen molar-refractivity contribution in [3.63, 3.8) is 0 Å². The smallest absolute Gasteiger partial charge is 0.339 e. The van der Waals surface area contributed by atoms with Crippen molar-refractivity contribution < 1.29 is 17.3 Å². The Morgan fingerprint density at radius 2 is 1.73 bits per heavy atom. The molecule has 0 spiro atoms. The molecule has 41 heavy (non-hydrogen) atoms. The van der Waals surface area contributed by atoms with Gasteiger partial charge in [-0.25, -0.2) is 0 Å². The molecule has 0 amide bonds. The molecule has 4 aromatic rings. The summed E-state index contributed by atoms with van der Waals surface area (Å²) in [7, 11) is -4.00. The van der Waals surface area contributed by atoms with Crippen molar-refractivity contribution in [2.75, 3.05) is 11.9 Å². The Morgan fingerprint density at radius 1 is 0.951 bits per heavy atom. The van der Waals surface area contributed by atoms with Crippen LogP contribution in [0.4, 0.5) is 11.4 Å². The predicted octanol–water partition coefficient (Wildman–Crippen LogP) is 7.74. The fourth-order valence-electron chi connectivity index (χ4n) is 5.60. The Balaban J connectivity index is 1.18. The lowest BCUT2D eigenvalue weighted by molar-refractivity contribution is 0.327. The van der Waals surface area contributed by atoms with Gasteiger partial charge in [-0.3, -0.25) is 4.99 Å². The quantitative estimate of drug-likeness (QED) is 0.135. The summed E-state index contributed by atoms with van der Waals surface area (Å²) in [5.74, 6) is 1.40. The van der Waals surface area contributed by atoms with Gasteiger partial charge in [-0.1, -0.05) is 60.2 Å². The van der Waals surface area contributed by atoms with E-state index < -0.39 is 10.1 Å². The highest BCUT2D eigenvalue weighted by Gasteiger charge is 2.37. The molecule has 0 unspecified atom stereocenters. The Kier molecular flexibility index (Phi) is 7.37. The van der Waals surface area contributed by atoms with Crippen LogP contribution < -0.4 is 14.2 Å². The minimum absolute atomic E-state index is 0.0898.